The number of anilines is 1. The van der Waals surface area contributed by atoms with E-state index in [-0.39, 0.29) is 17.6 Å². The number of amides is 1. The minimum Gasteiger partial charge on any atom is -0.464 e. The van der Waals surface area contributed by atoms with Gasteiger partial charge >= 0.3 is 5.97 Å². The lowest BCUT2D eigenvalue weighted by Crippen LogP contribution is -2.39. The third-order valence-electron chi connectivity index (χ3n) is 5.63. The molecule has 0 radical (unpaired) electrons. The van der Waals surface area contributed by atoms with E-state index in [2.05, 4.69) is 20.5 Å². The van der Waals surface area contributed by atoms with Gasteiger partial charge in [0.1, 0.15) is 0 Å². The molecule has 1 aliphatic rings. The molecular weight excluding hydrogens is 462 g/mol. The van der Waals surface area contributed by atoms with Crippen molar-refractivity contribution >= 4 is 40.9 Å². The van der Waals surface area contributed by atoms with Crippen LogP contribution in [-0.4, -0.2) is 57.7 Å². The zero-order valence-electron chi connectivity index (χ0n) is 18.3. The molecule has 1 saturated heterocycles. The van der Waals surface area contributed by atoms with Crippen molar-refractivity contribution in [2.45, 2.75) is 29.9 Å². The van der Waals surface area contributed by atoms with Gasteiger partial charge in [-0.1, -0.05) is 41.1 Å². The van der Waals surface area contributed by atoms with Crippen molar-refractivity contribution in [3.05, 3.63) is 71.0 Å². The van der Waals surface area contributed by atoms with Crippen LogP contribution in [0.3, 0.4) is 0 Å². The van der Waals surface area contributed by atoms with Crippen LogP contribution >= 0.6 is 23.4 Å². The van der Waals surface area contributed by atoms with E-state index >= 15 is 0 Å². The SMILES string of the molecule is COC(=O)c1cn([C@H]2C[C@@H](C(=O)Nc3cccc(SC)c3)N(Cc3ccccc3Cl)C2)nn1. The summed E-state index contributed by atoms with van der Waals surface area (Å²) in [6, 6.07) is 14.8. The first-order valence-electron chi connectivity index (χ1n) is 10.4. The number of hydrogen-bond acceptors (Lipinski definition) is 7. The number of rotatable bonds is 7. The van der Waals surface area contributed by atoms with Crippen LogP contribution in [0, 0.1) is 0 Å². The molecule has 1 amide bonds. The number of nitrogens with one attached hydrogen (secondary N) is 1. The Labute approximate surface area is 201 Å². The Morgan fingerprint density at radius 3 is 2.82 bits per heavy atom. The molecule has 8 nitrogen and oxygen atoms in total. The Morgan fingerprint density at radius 2 is 2.06 bits per heavy atom. The van der Waals surface area contributed by atoms with Crippen molar-refractivity contribution in [1.82, 2.24) is 19.9 Å². The molecule has 1 aliphatic heterocycles. The second-order valence-electron chi connectivity index (χ2n) is 7.72. The number of carbonyl (C=O) groups is 2. The lowest BCUT2D eigenvalue weighted by atomic mass is 10.1. The third kappa shape index (κ3) is 5.38. The molecule has 10 heteroatoms. The monoisotopic (exact) mass is 485 g/mol. The van der Waals surface area contributed by atoms with Gasteiger partial charge in [0.2, 0.25) is 5.91 Å². The third-order valence-corrected chi connectivity index (χ3v) is 6.73. The van der Waals surface area contributed by atoms with Gasteiger partial charge in [-0.25, -0.2) is 9.48 Å². The quantitative estimate of drug-likeness (QED) is 0.401. The zero-order valence-corrected chi connectivity index (χ0v) is 19.8. The maximum atomic E-state index is 13.3. The van der Waals surface area contributed by atoms with Gasteiger partial charge in [-0.2, -0.15) is 0 Å². The highest BCUT2D eigenvalue weighted by Crippen LogP contribution is 2.31. The maximum Gasteiger partial charge on any atom is 0.360 e. The lowest BCUT2D eigenvalue weighted by molar-refractivity contribution is -0.120. The predicted octanol–water partition coefficient (Wildman–Crippen LogP) is 3.89. The molecule has 0 saturated carbocycles. The van der Waals surface area contributed by atoms with Crippen LogP contribution in [0.5, 0.6) is 0 Å². The summed E-state index contributed by atoms with van der Waals surface area (Å²) in [6.45, 7) is 1.07. The number of aromatic nitrogens is 3. The first-order chi connectivity index (χ1) is 16.0. The van der Waals surface area contributed by atoms with Gasteiger partial charge in [0, 0.05) is 28.7 Å². The molecule has 172 valence electrons. The van der Waals surface area contributed by atoms with Crippen molar-refractivity contribution < 1.29 is 14.3 Å². The van der Waals surface area contributed by atoms with E-state index in [9.17, 15) is 9.59 Å². The fourth-order valence-corrected chi connectivity index (χ4v) is 4.60. The topological polar surface area (TPSA) is 89.4 Å². The molecule has 0 aliphatic carbocycles. The number of thioether (sulfide) groups is 1. The molecule has 1 fully saturated rings. The van der Waals surface area contributed by atoms with Crippen LogP contribution < -0.4 is 5.32 Å². The number of halogens is 1. The summed E-state index contributed by atoms with van der Waals surface area (Å²) < 4.78 is 6.36. The van der Waals surface area contributed by atoms with Crippen LogP contribution in [0.2, 0.25) is 5.02 Å². The van der Waals surface area contributed by atoms with Crippen LogP contribution in [0.25, 0.3) is 0 Å². The number of carbonyl (C=O) groups excluding carboxylic acids is 2. The van der Waals surface area contributed by atoms with E-state index in [1.807, 2.05) is 54.8 Å². The summed E-state index contributed by atoms with van der Waals surface area (Å²) in [5, 5.41) is 11.7. The second-order valence-corrected chi connectivity index (χ2v) is 9.01. The molecule has 2 aromatic carbocycles. The van der Waals surface area contributed by atoms with Gasteiger partial charge in [0.05, 0.1) is 25.4 Å². The van der Waals surface area contributed by atoms with Gasteiger partial charge < -0.3 is 10.1 Å². The minimum atomic E-state index is -0.546. The highest BCUT2D eigenvalue weighted by molar-refractivity contribution is 7.98. The fourth-order valence-electron chi connectivity index (χ4n) is 3.94. The summed E-state index contributed by atoms with van der Waals surface area (Å²) in [5.74, 6) is -0.647. The van der Waals surface area contributed by atoms with Crippen LogP contribution in [0.4, 0.5) is 5.69 Å². The molecule has 0 spiro atoms. The number of hydrogen-bond donors (Lipinski definition) is 1. The van der Waals surface area contributed by atoms with Crippen LogP contribution in [-0.2, 0) is 16.1 Å². The Balaban J connectivity index is 1.57. The first-order valence-corrected chi connectivity index (χ1v) is 12.0. The predicted molar refractivity (Wildman–Crippen MR) is 128 cm³/mol. The van der Waals surface area contributed by atoms with E-state index in [1.165, 1.54) is 7.11 Å². The zero-order chi connectivity index (χ0) is 23.4. The van der Waals surface area contributed by atoms with Crippen molar-refractivity contribution in [3.63, 3.8) is 0 Å². The van der Waals surface area contributed by atoms with E-state index in [0.717, 1.165) is 16.1 Å². The molecule has 2 atom stereocenters. The van der Waals surface area contributed by atoms with Gasteiger partial charge in [-0.05, 0) is 42.5 Å². The van der Waals surface area contributed by atoms with Gasteiger partial charge in [-0.15, -0.1) is 16.9 Å². The molecule has 2 heterocycles. The normalized spacial score (nSPS) is 18.3. The number of likely N-dealkylation sites (tertiary alicyclic amines) is 1. The molecular formula is C23H24ClN5O3S. The van der Waals surface area contributed by atoms with Crippen molar-refractivity contribution in [2.75, 3.05) is 25.2 Å². The lowest BCUT2D eigenvalue weighted by Gasteiger charge is -2.24. The molecule has 4 rings (SSSR count). The molecule has 0 unspecified atom stereocenters. The smallest absolute Gasteiger partial charge is 0.360 e. The minimum absolute atomic E-state index is 0.101. The van der Waals surface area contributed by atoms with E-state index < -0.39 is 12.0 Å². The Morgan fingerprint density at radius 1 is 1.24 bits per heavy atom. The maximum absolute atomic E-state index is 13.3. The van der Waals surface area contributed by atoms with E-state index in [1.54, 1.807) is 22.6 Å². The summed E-state index contributed by atoms with van der Waals surface area (Å²) in [7, 11) is 1.30. The van der Waals surface area contributed by atoms with Crippen LogP contribution in [0.15, 0.2) is 59.6 Å². The highest BCUT2D eigenvalue weighted by Gasteiger charge is 2.38. The first kappa shape index (κ1) is 23.3. The van der Waals surface area contributed by atoms with Crippen molar-refractivity contribution in [1.29, 1.82) is 0 Å². The van der Waals surface area contributed by atoms with Gasteiger partial charge in [-0.3, -0.25) is 9.69 Å². The van der Waals surface area contributed by atoms with Crippen molar-refractivity contribution in [2.24, 2.45) is 0 Å². The van der Waals surface area contributed by atoms with Gasteiger partial charge in [0.15, 0.2) is 5.69 Å². The Kier molecular flexibility index (Phi) is 7.32. The van der Waals surface area contributed by atoms with Gasteiger partial charge in [0.25, 0.3) is 0 Å². The number of esters is 1. The Hall–Kier alpha value is -2.88. The fraction of sp³-hybridized carbons (Fsp3) is 0.304. The molecule has 1 N–H and O–H groups in total. The van der Waals surface area contributed by atoms with Crippen molar-refractivity contribution in [3.8, 4) is 0 Å². The average Bonchev–Trinajstić information content (AvgIpc) is 3.48. The molecule has 0 bridgehead atoms. The summed E-state index contributed by atoms with van der Waals surface area (Å²) in [4.78, 5) is 28.3. The number of ether oxygens (including phenoxy) is 1. The summed E-state index contributed by atoms with van der Waals surface area (Å²) in [5.41, 5.74) is 1.83. The number of nitrogens with zero attached hydrogens (tertiary/aromatic N) is 4. The molecule has 1 aromatic heterocycles. The summed E-state index contributed by atoms with van der Waals surface area (Å²) in [6.07, 6.45) is 4.07. The second kappa shape index (κ2) is 10.4. The number of methoxy groups -OCH3 is 1. The highest BCUT2D eigenvalue weighted by atomic mass is 35.5. The van der Waals surface area contributed by atoms with E-state index in [4.69, 9.17) is 16.3 Å². The summed E-state index contributed by atoms with van der Waals surface area (Å²) >= 11 is 8.01. The average molecular weight is 486 g/mol. The number of benzene rings is 2. The molecule has 3 aromatic rings. The van der Waals surface area contributed by atoms with Crippen LogP contribution in [0.1, 0.15) is 28.5 Å². The standard InChI is InChI=1S/C23H24ClN5O3S/c1-32-23(31)20-14-29(27-26-20)17-11-21(22(30)25-16-7-5-8-18(10-16)33-2)28(13-17)12-15-6-3-4-9-19(15)24/h3-10,14,17,21H,11-13H2,1-2H3,(H,25,30)/t17-,21-/m0/s1. The molecule has 33 heavy (non-hydrogen) atoms. The Bertz CT molecular complexity index is 1150. The van der Waals surface area contributed by atoms with E-state index in [0.29, 0.717) is 24.5 Å². The largest absolute Gasteiger partial charge is 0.464 e.